The Morgan fingerprint density at radius 1 is 1.18 bits per heavy atom. The van der Waals surface area contributed by atoms with Crippen LogP contribution in [-0.4, -0.2) is 27.8 Å². The number of aromatic nitrogens is 3. The molecule has 3 rings (SSSR count). The van der Waals surface area contributed by atoms with E-state index in [-0.39, 0.29) is 5.69 Å². The third kappa shape index (κ3) is 4.03. The lowest BCUT2D eigenvalue weighted by molar-refractivity contribution is -0.119. The van der Waals surface area contributed by atoms with Crippen molar-refractivity contribution >= 4 is 11.6 Å². The molecule has 0 aliphatic rings. The molecule has 1 heterocycles. The number of halogens is 2. The van der Waals surface area contributed by atoms with Crippen molar-refractivity contribution in [2.45, 2.75) is 13.0 Å². The van der Waals surface area contributed by atoms with Crippen LogP contribution in [0.4, 0.5) is 14.5 Å². The number of rotatable bonds is 5. The first-order chi connectivity index (χ1) is 13.4. The normalized spacial score (nSPS) is 11.7. The van der Waals surface area contributed by atoms with E-state index in [9.17, 15) is 18.4 Å². The zero-order valence-corrected chi connectivity index (χ0v) is 15.0. The van der Waals surface area contributed by atoms with Gasteiger partial charge in [0.15, 0.2) is 0 Å². The van der Waals surface area contributed by atoms with Crippen LogP contribution in [0.1, 0.15) is 13.0 Å². The van der Waals surface area contributed by atoms with E-state index in [0.717, 1.165) is 22.9 Å². The molecule has 0 aliphatic heterocycles. The van der Waals surface area contributed by atoms with Crippen LogP contribution in [0.5, 0.6) is 5.75 Å². The first-order valence-electron chi connectivity index (χ1n) is 8.25. The first kappa shape index (κ1) is 19.2. The molecule has 1 aromatic heterocycles. The van der Waals surface area contributed by atoms with Crippen LogP contribution in [0.2, 0.25) is 0 Å². The van der Waals surface area contributed by atoms with Gasteiger partial charge in [0, 0.05) is 11.6 Å². The molecule has 1 amide bonds. The topological polar surface area (TPSA) is 86.1 Å². The summed E-state index contributed by atoms with van der Waals surface area (Å²) in [5, 5.41) is 6.22. The van der Waals surface area contributed by atoms with Crippen LogP contribution in [0.25, 0.3) is 11.3 Å². The van der Waals surface area contributed by atoms with E-state index in [1.807, 2.05) is 0 Å². The molecular formula is C19H16F2N4O3. The molecule has 2 aromatic carbocycles. The summed E-state index contributed by atoms with van der Waals surface area (Å²) in [6.07, 6.45) is 1.34. The molecular weight excluding hydrogens is 370 g/mol. The van der Waals surface area contributed by atoms with E-state index in [2.05, 4.69) is 15.4 Å². The lowest BCUT2D eigenvalue weighted by Crippen LogP contribution is -2.35. The second-order valence-electron chi connectivity index (χ2n) is 5.89. The van der Waals surface area contributed by atoms with Gasteiger partial charge in [0.1, 0.15) is 23.4 Å². The summed E-state index contributed by atoms with van der Waals surface area (Å²) in [6, 6.07) is 8.45. The Morgan fingerprint density at radius 2 is 1.89 bits per heavy atom. The minimum absolute atomic E-state index is 0.326. The van der Waals surface area contributed by atoms with Gasteiger partial charge in [-0.25, -0.2) is 18.3 Å². The summed E-state index contributed by atoms with van der Waals surface area (Å²) < 4.78 is 32.9. The maximum atomic E-state index is 13.7. The largest absolute Gasteiger partial charge is 0.497 e. The fraction of sp³-hybridized carbons (Fsp3) is 0.158. The maximum Gasteiger partial charge on any atom is 0.365 e. The summed E-state index contributed by atoms with van der Waals surface area (Å²) in [4.78, 5) is 28.5. The van der Waals surface area contributed by atoms with E-state index in [4.69, 9.17) is 4.74 Å². The number of carbonyl (C=O) groups is 1. The van der Waals surface area contributed by atoms with Crippen molar-refractivity contribution in [3.8, 4) is 17.0 Å². The van der Waals surface area contributed by atoms with E-state index < -0.39 is 29.3 Å². The number of anilines is 1. The van der Waals surface area contributed by atoms with Crippen molar-refractivity contribution in [3.05, 3.63) is 70.8 Å². The van der Waals surface area contributed by atoms with E-state index in [0.29, 0.717) is 17.0 Å². The van der Waals surface area contributed by atoms with Gasteiger partial charge in [-0.1, -0.05) is 0 Å². The van der Waals surface area contributed by atoms with E-state index in [1.54, 1.807) is 24.3 Å². The van der Waals surface area contributed by atoms with Crippen LogP contribution >= 0.6 is 0 Å². The zero-order chi connectivity index (χ0) is 20.3. The number of methoxy groups -OCH3 is 1. The van der Waals surface area contributed by atoms with Gasteiger partial charge in [-0.05, 0) is 43.3 Å². The second-order valence-corrected chi connectivity index (χ2v) is 5.89. The quantitative estimate of drug-likeness (QED) is 0.729. The molecule has 0 saturated heterocycles. The Balaban J connectivity index is 1.81. The number of hydrogen-bond acceptors (Lipinski definition) is 5. The lowest BCUT2D eigenvalue weighted by atomic mass is 10.1. The number of ether oxygens (including phenoxy) is 1. The zero-order valence-electron chi connectivity index (χ0n) is 15.0. The number of nitrogens with zero attached hydrogens (tertiary/aromatic N) is 3. The van der Waals surface area contributed by atoms with Gasteiger partial charge in [0.05, 0.1) is 24.7 Å². The number of benzene rings is 2. The lowest BCUT2D eigenvalue weighted by Gasteiger charge is -2.14. The predicted molar refractivity (Wildman–Crippen MR) is 98.0 cm³/mol. The molecule has 0 saturated carbocycles. The van der Waals surface area contributed by atoms with E-state index in [1.165, 1.54) is 20.2 Å². The van der Waals surface area contributed by atoms with Gasteiger partial charge >= 0.3 is 5.69 Å². The van der Waals surface area contributed by atoms with Gasteiger partial charge in [0.25, 0.3) is 0 Å². The molecule has 144 valence electrons. The molecule has 1 atom stereocenters. The summed E-state index contributed by atoms with van der Waals surface area (Å²) in [7, 11) is 1.54. The minimum Gasteiger partial charge on any atom is -0.497 e. The molecule has 0 fully saturated rings. The molecule has 0 aliphatic carbocycles. The standard InChI is InChI=1S/C19H16F2N4O3/c1-11(18(26)23-16-9-13(20)5-8-15(16)21)25-19(27)24-17(10-22-25)12-3-6-14(28-2)7-4-12/h3-11H,1-2H3,(H,23,26)/t11-/m1/s1. The highest BCUT2D eigenvalue weighted by Crippen LogP contribution is 2.20. The highest BCUT2D eigenvalue weighted by Gasteiger charge is 2.20. The van der Waals surface area contributed by atoms with Crippen LogP contribution in [0.15, 0.2) is 53.5 Å². The fourth-order valence-corrected chi connectivity index (χ4v) is 2.46. The fourth-order valence-electron chi connectivity index (χ4n) is 2.46. The van der Waals surface area contributed by atoms with Gasteiger partial charge < -0.3 is 10.1 Å². The highest BCUT2D eigenvalue weighted by molar-refractivity contribution is 5.93. The molecule has 1 N–H and O–H groups in total. The number of nitrogens with one attached hydrogen (secondary N) is 1. The van der Waals surface area contributed by atoms with Crippen molar-refractivity contribution < 1.29 is 18.3 Å². The average molecular weight is 386 g/mol. The van der Waals surface area contributed by atoms with Crippen molar-refractivity contribution in [3.63, 3.8) is 0 Å². The predicted octanol–water partition coefficient (Wildman–Crippen LogP) is 2.79. The van der Waals surface area contributed by atoms with Crippen molar-refractivity contribution in [1.29, 1.82) is 0 Å². The van der Waals surface area contributed by atoms with Crippen LogP contribution in [0, 0.1) is 11.6 Å². The summed E-state index contributed by atoms with van der Waals surface area (Å²) >= 11 is 0. The summed E-state index contributed by atoms with van der Waals surface area (Å²) in [5.41, 5.74) is -0.104. The van der Waals surface area contributed by atoms with Crippen molar-refractivity contribution in [1.82, 2.24) is 14.8 Å². The Hall–Kier alpha value is -3.62. The van der Waals surface area contributed by atoms with Gasteiger partial charge in [0.2, 0.25) is 5.91 Å². The van der Waals surface area contributed by atoms with E-state index >= 15 is 0 Å². The molecule has 28 heavy (non-hydrogen) atoms. The summed E-state index contributed by atoms with van der Waals surface area (Å²) in [5.74, 6) is -1.58. The molecule has 3 aromatic rings. The third-order valence-electron chi connectivity index (χ3n) is 4.03. The molecule has 0 spiro atoms. The van der Waals surface area contributed by atoms with Gasteiger partial charge in [-0.2, -0.15) is 10.1 Å². The molecule has 0 unspecified atom stereocenters. The average Bonchev–Trinajstić information content (AvgIpc) is 2.70. The first-order valence-corrected chi connectivity index (χ1v) is 8.25. The summed E-state index contributed by atoms with van der Waals surface area (Å²) in [6.45, 7) is 1.40. The van der Waals surface area contributed by atoms with Crippen LogP contribution in [0.3, 0.4) is 0 Å². The van der Waals surface area contributed by atoms with Crippen LogP contribution in [-0.2, 0) is 4.79 Å². The molecule has 0 bridgehead atoms. The Morgan fingerprint density at radius 3 is 2.54 bits per heavy atom. The smallest absolute Gasteiger partial charge is 0.365 e. The van der Waals surface area contributed by atoms with Crippen molar-refractivity contribution in [2.75, 3.05) is 12.4 Å². The number of amides is 1. The SMILES string of the molecule is COc1ccc(-c2cnn([C@H](C)C(=O)Nc3cc(F)ccc3F)c(=O)n2)cc1. The Labute approximate surface area is 158 Å². The van der Waals surface area contributed by atoms with Gasteiger partial charge in [-0.3, -0.25) is 4.79 Å². The van der Waals surface area contributed by atoms with Gasteiger partial charge in [-0.15, -0.1) is 0 Å². The number of hydrogen-bond donors (Lipinski definition) is 1. The number of carbonyl (C=O) groups excluding carboxylic acids is 1. The monoisotopic (exact) mass is 386 g/mol. The Bertz CT molecular complexity index is 1070. The maximum absolute atomic E-state index is 13.7. The molecule has 7 nitrogen and oxygen atoms in total. The third-order valence-corrected chi connectivity index (χ3v) is 4.03. The Kier molecular flexibility index (Phi) is 5.44. The van der Waals surface area contributed by atoms with Crippen LogP contribution < -0.4 is 15.7 Å². The highest BCUT2D eigenvalue weighted by atomic mass is 19.1. The van der Waals surface area contributed by atoms with Crippen molar-refractivity contribution in [2.24, 2.45) is 0 Å². The molecule has 0 radical (unpaired) electrons. The second kappa shape index (κ2) is 7.95. The minimum atomic E-state index is -1.09. The molecule has 9 heteroatoms.